The Labute approximate surface area is 720 Å². The molecule has 0 radical (unpaired) electrons. The summed E-state index contributed by atoms with van der Waals surface area (Å²) in [4.78, 5) is 111. The van der Waals surface area contributed by atoms with E-state index in [0.717, 1.165) is 23.5 Å². The van der Waals surface area contributed by atoms with E-state index >= 15 is 0 Å². The smallest absolute Gasteiger partial charge is 0.870 e. The van der Waals surface area contributed by atoms with Crippen LogP contribution in [0.5, 0.6) is 0 Å². The van der Waals surface area contributed by atoms with Crippen molar-refractivity contribution < 1.29 is 178 Å². The fourth-order valence-corrected chi connectivity index (χ4v) is 6.54. The standard InChI is InChI=1S/C13H16O3S.C8H14O3S.C7H5ClO.C6H11BrO2.C6H15N.3C6H12O2S.C2H4OS.2C2H6O.C2H5O.CH2Cl2.K.Na.H2O/c1-4-16-12(15)13(2,3)17-11(14)10-8-6-5-7-9-10;1-5-11-7(10)8(3,4)12-6(2)9;8-7(9)6-4-2-1-3-5-6;1-4-9-5(8)6(2,3)7;1-4-7(5-2)6-3;3*1-4-8-5(7)6(2,3)9;1-2(3)4;3*1-2-3;2-1-3;;;/h5-9H,4H2,1-3H3;5H2,1-4H3;1-5H;4H2,1-3H3;4-6H2,1-3H3;3*9H,4H2,1-3H3;1H3,(H,3,4);2*3H,2H2,1H3;2H2,1H3;1H2;;;1H2/q;;;;;;;;;;;-1;;2*+1;/p-1. The van der Waals surface area contributed by atoms with E-state index in [0.29, 0.717) is 50.8 Å². The molecule has 0 heterocycles. The molecule has 0 aliphatic rings. The molecule has 580 valence electrons. The second kappa shape index (κ2) is 84.4. The monoisotopic (exact) mass is 1700 g/mol. The number of thiol groups is 4. The van der Waals surface area contributed by atoms with Gasteiger partial charge in [-0.3, -0.25) is 47.9 Å². The van der Waals surface area contributed by atoms with Gasteiger partial charge in [0.2, 0.25) is 5.12 Å². The molecule has 0 amide bonds. The Morgan fingerprint density at radius 1 is 0.480 bits per heavy atom. The molecular weight excluding hydrogens is 1580 g/mol. The van der Waals surface area contributed by atoms with Gasteiger partial charge in [0.1, 0.15) is 28.1 Å². The van der Waals surface area contributed by atoms with Crippen LogP contribution in [0.1, 0.15) is 201 Å². The maximum Gasteiger partial charge on any atom is 1.00 e. The van der Waals surface area contributed by atoms with Crippen molar-refractivity contribution >= 4 is 181 Å². The zero-order valence-corrected chi connectivity index (χ0v) is 79.0. The maximum absolute atomic E-state index is 11.9. The summed E-state index contributed by atoms with van der Waals surface area (Å²) in [6, 6.07) is 17.6. The van der Waals surface area contributed by atoms with Crippen molar-refractivity contribution in [1.29, 1.82) is 0 Å². The van der Waals surface area contributed by atoms with Crippen LogP contribution in [0.15, 0.2) is 60.7 Å². The minimum absolute atomic E-state index is 0. The van der Waals surface area contributed by atoms with Gasteiger partial charge in [-0.2, -0.15) is 37.9 Å². The minimum Gasteiger partial charge on any atom is -0.870 e. The number of nitrogens with zero attached hydrogens (tertiary/aromatic N) is 1. The number of aliphatic hydroxyl groups excluding tert-OH is 2. The van der Waals surface area contributed by atoms with Crippen LogP contribution < -0.4 is 86.0 Å². The van der Waals surface area contributed by atoms with Gasteiger partial charge in [0, 0.05) is 38.2 Å². The first kappa shape index (κ1) is 132. The molecule has 0 saturated heterocycles. The zero-order valence-electron chi connectivity index (χ0n) is 64.8. The first-order valence-corrected chi connectivity index (χ1v) is 36.5. The molecule has 2 aromatic rings. The molecule has 0 aliphatic carbocycles. The third kappa shape index (κ3) is 104. The Morgan fingerprint density at radius 2 is 0.680 bits per heavy atom. The first-order chi connectivity index (χ1) is 44.3. The average molecular weight is 1700 g/mol. The summed E-state index contributed by atoms with van der Waals surface area (Å²) in [5.41, 5.74) is 1.13. The number of alkyl halides is 3. The molecule has 100 heavy (non-hydrogen) atoms. The fraction of sp³-hybridized carbons (Fsp3) is 0.672. The Morgan fingerprint density at radius 3 is 0.820 bits per heavy atom. The van der Waals surface area contributed by atoms with E-state index in [1.165, 1.54) is 33.5 Å². The van der Waals surface area contributed by atoms with Crippen LogP contribution in [0.25, 0.3) is 0 Å². The average Bonchev–Trinajstić information content (AvgIpc) is 0.862. The molecule has 21 nitrogen and oxygen atoms in total. The van der Waals surface area contributed by atoms with Crippen LogP contribution in [0, 0.1) is 0 Å². The van der Waals surface area contributed by atoms with Crippen molar-refractivity contribution in [2.45, 2.75) is 208 Å². The molecule has 0 unspecified atom stereocenters. The van der Waals surface area contributed by atoms with E-state index in [4.69, 9.17) is 78.5 Å². The van der Waals surface area contributed by atoms with Crippen LogP contribution in [-0.4, -0.2) is 189 Å². The molecule has 0 fully saturated rings. The van der Waals surface area contributed by atoms with Crippen LogP contribution >= 0.6 is 125 Å². The summed E-state index contributed by atoms with van der Waals surface area (Å²) in [5, 5.41) is 23.5. The summed E-state index contributed by atoms with van der Waals surface area (Å²) in [6.45, 7) is 51.8. The molecule has 0 atom stereocenters. The summed E-state index contributed by atoms with van der Waals surface area (Å²) >= 11 is 35.2. The Bertz CT molecular complexity index is 2170. The zero-order chi connectivity index (χ0) is 79.4. The number of aliphatic hydroxyl groups is 2. The second-order valence-electron chi connectivity index (χ2n) is 20.6. The summed E-state index contributed by atoms with van der Waals surface area (Å²) in [7, 11) is 0. The number of benzene rings is 2. The van der Waals surface area contributed by atoms with Crippen molar-refractivity contribution in [3.8, 4) is 0 Å². The Hall–Kier alpha value is -0.174. The van der Waals surface area contributed by atoms with E-state index in [1.807, 2.05) is 12.1 Å². The van der Waals surface area contributed by atoms with Gasteiger partial charge in [0.05, 0.1) is 45.0 Å². The maximum atomic E-state index is 11.9. The van der Waals surface area contributed by atoms with E-state index in [1.54, 1.807) is 194 Å². The van der Waals surface area contributed by atoms with E-state index in [2.05, 4.69) is 92.1 Å². The molecule has 0 bridgehead atoms. The molecular formula is C67H121BrCl3KNNaO20S6. The van der Waals surface area contributed by atoms with Gasteiger partial charge in [-0.25, -0.2) is 0 Å². The van der Waals surface area contributed by atoms with E-state index < -0.39 is 33.3 Å². The number of rotatable bonds is 19. The van der Waals surface area contributed by atoms with E-state index in [9.17, 15) is 47.9 Å². The largest absolute Gasteiger partial charge is 1.00 e. The van der Waals surface area contributed by atoms with Gasteiger partial charge in [-0.1, -0.05) is 128 Å². The Balaban J connectivity index is -0.0000000687. The van der Waals surface area contributed by atoms with Gasteiger partial charge < -0.3 is 54.1 Å². The van der Waals surface area contributed by atoms with Gasteiger partial charge in [0.25, 0.3) is 5.24 Å². The van der Waals surface area contributed by atoms with Crippen LogP contribution in [0.3, 0.4) is 0 Å². The molecule has 2 rings (SSSR count). The van der Waals surface area contributed by atoms with Crippen molar-refractivity contribution in [2.24, 2.45) is 0 Å². The third-order valence-corrected chi connectivity index (χ3v) is 11.9. The molecule has 0 saturated carbocycles. The van der Waals surface area contributed by atoms with Crippen LogP contribution in [-0.2, 0) is 66.8 Å². The van der Waals surface area contributed by atoms with Gasteiger partial charge in [-0.05, 0) is 170 Å². The van der Waals surface area contributed by atoms with Crippen molar-refractivity contribution in [2.75, 3.05) is 84.4 Å². The van der Waals surface area contributed by atoms with Gasteiger partial charge in [0.15, 0.2) is 10.2 Å². The number of esters is 6. The number of thioether (sulfide) groups is 2. The fourth-order valence-electron chi connectivity index (χ4n) is 4.38. The molecule has 33 heteroatoms. The third-order valence-electron chi connectivity index (χ3n) is 8.72. The SMILES string of the molecule is CC(=O)S.CCN(CC)CC.CCO.CCO.CCOC(=O)C(C)(C)Br.CCOC(=O)C(C)(C)S.CCOC(=O)C(C)(C)S.CCOC(=O)C(C)(C)S.CCOC(=O)C(C)(C)SC(=O)c1ccccc1.CCOC(=O)C(C)(C)SC(C)=O.CC[O-].ClCCl.O=C(Cl)c1ccccc1.[K+].[Na+].[OH-]. The van der Waals surface area contributed by atoms with Gasteiger partial charge >= 0.3 is 117 Å². The predicted molar refractivity (Wildman–Crippen MR) is 421 cm³/mol. The van der Waals surface area contributed by atoms with E-state index in [-0.39, 0.29) is 163 Å². The van der Waals surface area contributed by atoms with Gasteiger partial charge in [-0.15, -0.1) is 42.4 Å². The predicted octanol–water partition coefficient (Wildman–Crippen LogP) is 8.50. The number of carbonyl (C=O) groups excluding carboxylic acids is 10. The normalized spacial score (nSPS) is 9.70. The second-order valence-corrected chi connectivity index (χ2v) is 31.2. The quantitative estimate of drug-likeness (QED) is 0.0192. The van der Waals surface area contributed by atoms with Crippen LogP contribution in [0.4, 0.5) is 0 Å². The number of carbonyl (C=O) groups is 10. The molecule has 0 aliphatic heterocycles. The minimum atomic E-state index is -0.858. The summed E-state index contributed by atoms with van der Waals surface area (Å²) in [5.74, 6) is -1.74. The number of hydrogen-bond donors (Lipinski definition) is 6. The van der Waals surface area contributed by atoms with Crippen molar-refractivity contribution in [3.05, 3.63) is 71.8 Å². The first-order valence-electron chi connectivity index (χ1n) is 30.8. The molecule has 3 N–H and O–H groups in total. The number of ether oxygens (including phenoxy) is 6. The summed E-state index contributed by atoms with van der Waals surface area (Å²) < 4.78 is 24.4. The van der Waals surface area contributed by atoms with Crippen molar-refractivity contribution in [3.63, 3.8) is 0 Å². The number of hydrogen-bond acceptors (Lipinski definition) is 26. The van der Waals surface area contributed by atoms with Crippen LogP contribution in [0.2, 0.25) is 0 Å². The topological polar surface area (TPSA) is 323 Å². The van der Waals surface area contributed by atoms with Crippen molar-refractivity contribution in [1.82, 2.24) is 4.90 Å². The molecule has 2 aromatic carbocycles. The molecule has 0 spiro atoms. The molecule has 0 aromatic heterocycles. The Kier molecular flexibility index (Phi) is 112. The summed E-state index contributed by atoms with van der Waals surface area (Å²) in [6.07, 6.45) is 0. The number of halogens is 4.